The lowest BCUT2D eigenvalue weighted by Gasteiger charge is -2.22. The molecule has 2 heterocycles. The second kappa shape index (κ2) is 8.43. The minimum atomic E-state index is -0.138. The molecule has 1 aliphatic rings. The van der Waals surface area contributed by atoms with Crippen LogP contribution in [-0.4, -0.2) is 36.4 Å². The van der Waals surface area contributed by atoms with Crippen LogP contribution in [0.25, 0.3) is 22.2 Å². The second-order valence-corrected chi connectivity index (χ2v) is 9.26. The van der Waals surface area contributed by atoms with Gasteiger partial charge in [-0.15, -0.1) is 0 Å². The number of aromatic nitrogens is 1. The first-order chi connectivity index (χ1) is 15.5. The van der Waals surface area contributed by atoms with Crippen LogP contribution in [0, 0.1) is 0 Å². The molecule has 0 N–H and O–H groups in total. The number of hydrogen-bond donors (Lipinski definition) is 0. The number of fused-ring (bicyclic) bond motifs is 1. The summed E-state index contributed by atoms with van der Waals surface area (Å²) in [5, 5.41) is 0. The maximum atomic E-state index is 13.1. The van der Waals surface area contributed by atoms with Crippen LogP contribution in [0.2, 0.25) is 0 Å². The van der Waals surface area contributed by atoms with Gasteiger partial charge in [-0.25, -0.2) is 4.98 Å². The zero-order valence-corrected chi connectivity index (χ0v) is 19.7. The monoisotopic (exact) mass is 489 g/mol. The Morgan fingerprint density at radius 1 is 1.03 bits per heavy atom. The van der Waals surface area contributed by atoms with Crippen LogP contribution in [-0.2, 0) is 0 Å². The number of hydrogen-bond acceptors (Lipinski definition) is 4. The predicted molar refractivity (Wildman–Crippen MR) is 131 cm³/mol. The molecule has 32 heavy (non-hydrogen) atoms. The van der Waals surface area contributed by atoms with E-state index >= 15 is 0 Å². The fraction of sp³-hybridized carbons (Fsp3) is 0.231. The fourth-order valence-electron chi connectivity index (χ4n) is 4.24. The van der Waals surface area contributed by atoms with Gasteiger partial charge in [0.15, 0.2) is 5.58 Å². The molecule has 0 radical (unpaired) electrons. The Balaban J connectivity index is 1.42. The molecule has 1 fully saturated rings. The molecule has 1 aromatic heterocycles. The molecule has 5 nitrogen and oxygen atoms in total. The molecule has 0 bridgehead atoms. The highest BCUT2D eigenvalue weighted by atomic mass is 79.9. The third kappa shape index (κ3) is 3.91. The van der Waals surface area contributed by atoms with E-state index in [0.717, 1.165) is 45.2 Å². The Bertz CT molecular complexity index is 1260. The van der Waals surface area contributed by atoms with Crippen molar-refractivity contribution < 1.29 is 9.21 Å². The molecule has 1 aliphatic heterocycles. The van der Waals surface area contributed by atoms with Crippen molar-refractivity contribution in [3.05, 3.63) is 82.7 Å². The second-order valence-electron chi connectivity index (χ2n) is 8.34. The molecule has 5 rings (SSSR count). The number of rotatable bonds is 4. The Kier molecular flexibility index (Phi) is 5.47. The quantitative estimate of drug-likeness (QED) is 0.337. The van der Waals surface area contributed by atoms with Gasteiger partial charge in [0.2, 0.25) is 5.89 Å². The van der Waals surface area contributed by atoms with Gasteiger partial charge in [-0.05, 0) is 72.5 Å². The van der Waals surface area contributed by atoms with Gasteiger partial charge in [0, 0.05) is 36.4 Å². The van der Waals surface area contributed by atoms with Crippen molar-refractivity contribution in [3.63, 3.8) is 0 Å². The van der Waals surface area contributed by atoms with E-state index in [1.807, 2.05) is 49.3 Å². The molecule has 1 amide bonds. The Morgan fingerprint density at radius 3 is 2.47 bits per heavy atom. The Labute approximate surface area is 195 Å². The van der Waals surface area contributed by atoms with Crippen LogP contribution in [0.5, 0.6) is 0 Å². The van der Waals surface area contributed by atoms with Gasteiger partial charge in [-0.1, -0.05) is 34.1 Å². The molecule has 162 valence electrons. The van der Waals surface area contributed by atoms with Crippen molar-refractivity contribution in [3.8, 4) is 11.1 Å². The molecule has 0 saturated carbocycles. The topological polar surface area (TPSA) is 49.6 Å². The summed E-state index contributed by atoms with van der Waals surface area (Å²) < 4.78 is 7.07. The largest absolute Gasteiger partial charge is 0.438 e. The van der Waals surface area contributed by atoms with Crippen molar-refractivity contribution >= 4 is 38.6 Å². The van der Waals surface area contributed by atoms with Gasteiger partial charge in [0.25, 0.3) is 5.91 Å². The zero-order chi connectivity index (χ0) is 22.2. The first-order valence-electron chi connectivity index (χ1n) is 10.7. The number of nitrogens with zero attached hydrogens (tertiary/aromatic N) is 3. The summed E-state index contributed by atoms with van der Waals surface area (Å²) in [6, 6.07) is 21.9. The van der Waals surface area contributed by atoms with Gasteiger partial charge in [-0.2, -0.15) is 0 Å². The maximum Gasteiger partial charge on any atom is 0.254 e. The average molecular weight is 490 g/mol. The lowest BCUT2D eigenvalue weighted by Crippen LogP contribution is -2.30. The molecule has 1 saturated heterocycles. The smallest absolute Gasteiger partial charge is 0.254 e. The standard InChI is InChI=1S/C26H24BrN3O2/c1-29(2)21-12-7-17(8-13-21)19-9-14-24-22(16-19)28-25(32-24)23-4-3-15-30(23)26(31)18-5-10-20(27)11-6-18/h5-14,16,23H,3-4,15H2,1-2H3/t23-/m0/s1. The van der Waals surface area contributed by atoms with Gasteiger partial charge >= 0.3 is 0 Å². The molecular weight excluding hydrogens is 466 g/mol. The summed E-state index contributed by atoms with van der Waals surface area (Å²) in [6.07, 6.45) is 1.79. The zero-order valence-electron chi connectivity index (χ0n) is 18.1. The van der Waals surface area contributed by atoms with Crippen molar-refractivity contribution in [1.29, 1.82) is 0 Å². The van der Waals surface area contributed by atoms with E-state index in [0.29, 0.717) is 18.0 Å². The lowest BCUT2D eigenvalue weighted by molar-refractivity contribution is 0.0717. The molecule has 6 heteroatoms. The minimum absolute atomic E-state index is 0.0175. The number of likely N-dealkylation sites (tertiary alicyclic amines) is 1. The Hall–Kier alpha value is -3.12. The SMILES string of the molecule is CN(C)c1ccc(-c2ccc3oc([C@@H]4CCCN4C(=O)c4ccc(Br)cc4)nc3c2)cc1. The van der Waals surface area contributed by atoms with Crippen molar-refractivity contribution in [1.82, 2.24) is 9.88 Å². The molecule has 0 aliphatic carbocycles. The summed E-state index contributed by atoms with van der Waals surface area (Å²) in [6.45, 7) is 0.710. The Morgan fingerprint density at radius 2 is 1.75 bits per heavy atom. The van der Waals surface area contributed by atoms with Gasteiger partial charge in [0.1, 0.15) is 11.6 Å². The van der Waals surface area contributed by atoms with E-state index in [1.165, 1.54) is 0 Å². The van der Waals surface area contributed by atoms with Gasteiger partial charge in [0.05, 0.1) is 0 Å². The lowest BCUT2D eigenvalue weighted by atomic mass is 10.0. The normalized spacial score (nSPS) is 16.0. The summed E-state index contributed by atoms with van der Waals surface area (Å²) in [7, 11) is 4.07. The maximum absolute atomic E-state index is 13.1. The summed E-state index contributed by atoms with van der Waals surface area (Å²) in [4.78, 5) is 21.9. The highest BCUT2D eigenvalue weighted by Crippen LogP contribution is 2.35. The first-order valence-corrected chi connectivity index (χ1v) is 11.5. The molecule has 4 aromatic rings. The molecular formula is C26H24BrN3O2. The van der Waals surface area contributed by atoms with E-state index in [9.17, 15) is 4.79 Å². The first kappa shape index (κ1) is 20.8. The van der Waals surface area contributed by atoms with E-state index in [2.05, 4.69) is 57.2 Å². The van der Waals surface area contributed by atoms with Gasteiger partial charge < -0.3 is 14.2 Å². The van der Waals surface area contributed by atoms with E-state index in [4.69, 9.17) is 9.40 Å². The van der Waals surface area contributed by atoms with E-state index in [1.54, 1.807) is 0 Å². The summed E-state index contributed by atoms with van der Waals surface area (Å²) in [5.74, 6) is 0.631. The number of amides is 1. The van der Waals surface area contributed by atoms with Gasteiger partial charge in [-0.3, -0.25) is 4.79 Å². The van der Waals surface area contributed by atoms with Crippen molar-refractivity contribution in [2.24, 2.45) is 0 Å². The van der Waals surface area contributed by atoms with Crippen LogP contribution in [0.1, 0.15) is 35.1 Å². The fourth-order valence-corrected chi connectivity index (χ4v) is 4.51. The number of benzene rings is 3. The number of oxazole rings is 1. The van der Waals surface area contributed by atoms with Crippen LogP contribution < -0.4 is 4.90 Å². The highest BCUT2D eigenvalue weighted by Gasteiger charge is 2.34. The van der Waals surface area contributed by atoms with Crippen molar-refractivity contribution in [2.45, 2.75) is 18.9 Å². The highest BCUT2D eigenvalue weighted by molar-refractivity contribution is 9.10. The van der Waals surface area contributed by atoms with E-state index < -0.39 is 0 Å². The summed E-state index contributed by atoms with van der Waals surface area (Å²) >= 11 is 3.43. The number of carbonyl (C=O) groups is 1. The van der Waals surface area contributed by atoms with Crippen molar-refractivity contribution in [2.75, 3.05) is 25.5 Å². The molecule has 3 aromatic carbocycles. The molecule has 0 unspecified atom stereocenters. The third-order valence-electron chi connectivity index (χ3n) is 6.01. The van der Waals surface area contributed by atoms with Crippen LogP contribution in [0.3, 0.4) is 0 Å². The minimum Gasteiger partial charge on any atom is -0.438 e. The number of carbonyl (C=O) groups excluding carboxylic acids is 1. The van der Waals surface area contributed by atoms with Crippen LogP contribution >= 0.6 is 15.9 Å². The summed E-state index contributed by atoms with van der Waals surface area (Å²) in [5.41, 5.74) is 5.63. The van der Waals surface area contributed by atoms with Crippen LogP contribution in [0.4, 0.5) is 5.69 Å². The third-order valence-corrected chi connectivity index (χ3v) is 6.54. The molecule has 0 spiro atoms. The van der Waals surface area contributed by atoms with Crippen LogP contribution in [0.15, 0.2) is 75.6 Å². The predicted octanol–water partition coefficient (Wildman–Crippen LogP) is 6.30. The average Bonchev–Trinajstić information content (AvgIpc) is 3.45. The van der Waals surface area contributed by atoms with E-state index in [-0.39, 0.29) is 11.9 Å². The number of halogens is 1. The number of anilines is 1. The molecule has 1 atom stereocenters.